The van der Waals surface area contributed by atoms with Gasteiger partial charge in [-0.25, -0.2) is 26.3 Å². The van der Waals surface area contributed by atoms with Crippen LogP contribution in [0.3, 0.4) is 0 Å². The van der Waals surface area contributed by atoms with Crippen molar-refractivity contribution < 1.29 is 21.6 Å². The molecule has 2 aromatic carbocycles. The van der Waals surface area contributed by atoms with Crippen molar-refractivity contribution in [2.45, 2.75) is 22.6 Å². The van der Waals surface area contributed by atoms with E-state index in [1.54, 1.807) is 53.4 Å². The Bertz CT molecular complexity index is 1100. The van der Waals surface area contributed by atoms with Gasteiger partial charge in [-0.05, 0) is 37.2 Å². The van der Waals surface area contributed by atoms with Crippen molar-refractivity contribution in [1.29, 1.82) is 0 Å². The molecule has 0 radical (unpaired) electrons. The second-order valence-corrected chi connectivity index (χ2v) is 11.3. The summed E-state index contributed by atoms with van der Waals surface area (Å²) in [6.45, 7) is 3.67. The number of carbonyl (C=O) groups is 1. The zero-order chi connectivity index (χ0) is 23.7. The normalized spacial score (nSPS) is 15.5. The Morgan fingerprint density at radius 2 is 1.21 bits per heavy atom. The van der Waals surface area contributed by atoms with E-state index in [2.05, 4.69) is 14.3 Å². The van der Waals surface area contributed by atoms with Crippen molar-refractivity contribution in [3.05, 3.63) is 60.7 Å². The van der Waals surface area contributed by atoms with Gasteiger partial charge in [0.1, 0.15) is 0 Å². The van der Waals surface area contributed by atoms with E-state index < -0.39 is 20.0 Å². The Balaban J connectivity index is 1.32. The van der Waals surface area contributed by atoms with Gasteiger partial charge >= 0.3 is 0 Å². The molecule has 1 aliphatic heterocycles. The van der Waals surface area contributed by atoms with Crippen LogP contribution in [0.25, 0.3) is 0 Å². The third kappa shape index (κ3) is 7.61. The van der Waals surface area contributed by atoms with E-state index in [9.17, 15) is 21.6 Å². The van der Waals surface area contributed by atoms with Crippen LogP contribution in [0.15, 0.2) is 70.5 Å². The van der Waals surface area contributed by atoms with Crippen molar-refractivity contribution in [3.8, 4) is 0 Å². The molecule has 1 aliphatic rings. The first kappa shape index (κ1) is 25.3. The van der Waals surface area contributed by atoms with Gasteiger partial charge in [0.05, 0.1) is 9.79 Å². The van der Waals surface area contributed by atoms with Gasteiger partial charge in [0, 0.05) is 45.7 Å². The zero-order valence-corrected chi connectivity index (χ0v) is 20.0. The van der Waals surface area contributed by atoms with E-state index >= 15 is 0 Å². The maximum atomic E-state index is 12.4. The van der Waals surface area contributed by atoms with Crippen LogP contribution in [0.5, 0.6) is 0 Å². The van der Waals surface area contributed by atoms with E-state index in [0.717, 1.165) is 6.54 Å². The van der Waals surface area contributed by atoms with Crippen molar-refractivity contribution in [3.63, 3.8) is 0 Å². The summed E-state index contributed by atoms with van der Waals surface area (Å²) >= 11 is 0. The molecule has 0 aromatic heterocycles. The number of rotatable bonds is 11. The highest BCUT2D eigenvalue weighted by molar-refractivity contribution is 7.89. The maximum absolute atomic E-state index is 12.4. The minimum absolute atomic E-state index is 0.0534. The Hall–Kier alpha value is -2.31. The first-order chi connectivity index (χ1) is 15.8. The summed E-state index contributed by atoms with van der Waals surface area (Å²) in [5.41, 5.74) is 0. The van der Waals surface area contributed by atoms with Gasteiger partial charge < -0.3 is 4.90 Å². The zero-order valence-electron chi connectivity index (χ0n) is 18.4. The van der Waals surface area contributed by atoms with Crippen molar-refractivity contribution in [2.75, 3.05) is 45.8 Å². The summed E-state index contributed by atoms with van der Waals surface area (Å²) in [5, 5.41) is 0. The number of sulfonamides is 2. The molecule has 1 amide bonds. The van der Waals surface area contributed by atoms with Crippen LogP contribution in [0, 0.1) is 0 Å². The molecule has 0 bridgehead atoms. The Labute approximate surface area is 195 Å². The fraction of sp³-hybridized carbons (Fsp3) is 0.409. The standard InChI is InChI=1S/C22H30N4O5S2/c27-22(12-14-24-33(30,31)21-10-5-2-6-11-21)26-18-16-25(17-19-26)15-7-13-23-32(28,29)20-8-3-1-4-9-20/h1-6,8-11,23-24H,7,12-19H2. The molecule has 2 N–H and O–H groups in total. The number of carbonyl (C=O) groups excluding carboxylic acids is 1. The molecule has 3 rings (SSSR count). The number of benzene rings is 2. The molecular formula is C22H30N4O5S2. The second kappa shape index (κ2) is 11.7. The molecule has 0 spiro atoms. The van der Waals surface area contributed by atoms with Crippen LogP contribution in [0.4, 0.5) is 0 Å². The van der Waals surface area contributed by atoms with Gasteiger partial charge in [0.15, 0.2) is 0 Å². The molecule has 180 valence electrons. The summed E-state index contributed by atoms with van der Waals surface area (Å²) in [5.74, 6) is -0.0824. The van der Waals surface area contributed by atoms with E-state index in [0.29, 0.717) is 39.1 Å². The maximum Gasteiger partial charge on any atom is 0.240 e. The molecule has 11 heteroatoms. The van der Waals surface area contributed by atoms with Crippen LogP contribution in [-0.2, 0) is 24.8 Å². The molecule has 0 saturated carbocycles. The van der Waals surface area contributed by atoms with Crippen LogP contribution in [0.1, 0.15) is 12.8 Å². The largest absolute Gasteiger partial charge is 0.340 e. The fourth-order valence-corrected chi connectivity index (χ4v) is 5.69. The second-order valence-electron chi connectivity index (χ2n) is 7.75. The molecule has 0 unspecified atom stereocenters. The molecular weight excluding hydrogens is 464 g/mol. The highest BCUT2D eigenvalue weighted by Crippen LogP contribution is 2.09. The molecule has 1 saturated heterocycles. The predicted octanol–water partition coefficient (Wildman–Crippen LogP) is 0.868. The lowest BCUT2D eigenvalue weighted by molar-refractivity contribution is -0.132. The molecule has 0 atom stereocenters. The predicted molar refractivity (Wildman–Crippen MR) is 126 cm³/mol. The van der Waals surface area contributed by atoms with Gasteiger partial charge in [-0.2, -0.15) is 0 Å². The number of hydrogen-bond donors (Lipinski definition) is 2. The van der Waals surface area contributed by atoms with Crippen LogP contribution in [-0.4, -0.2) is 78.4 Å². The number of hydrogen-bond acceptors (Lipinski definition) is 6. The van der Waals surface area contributed by atoms with Gasteiger partial charge in [-0.15, -0.1) is 0 Å². The summed E-state index contributed by atoms with van der Waals surface area (Å²) in [7, 11) is -7.11. The molecule has 33 heavy (non-hydrogen) atoms. The monoisotopic (exact) mass is 494 g/mol. The SMILES string of the molecule is O=C(CCNS(=O)(=O)c1ccccc1)N1CCN(CCCNS(=O)(=O)c2ccccc2)CC1. The van der Waals surface area contributed by atoms with E-state index in [1.807, 2.05) is 0 Å². The molecule has 9 nitrogen and oxygen atoms in total. The van der Waals surface area contributed by atoms with Crippen LogP contribution in [0.2, 0.25) is 0 Å². The number of nitrogens with one attached hydrogen (secondary N) is 2. The van der Waals surface area contributed by atoms with E-state index in [1.165, 1.54) is 12.1 Å². The quantitative estimate of drug-likeness (QED) is 0.448. The average molecular weight is 495 g/mol. The number of amides is 1. The first-order valence-electron chi connectivity index (χ1n) is 10.9. The third-order valence-electron chi connectivity index (χ3n) is 5.41. The summed E-state index contributed by atoms with van der Waals surface area (Å²) in [6.07, 6.45) is 0.772. The van der Waals surface area contributed by atoms with Gasteiger partial charge in [-0.3, -0.25) is 9.69 Å². The highest BCUT2D eigenvalue weighted by Gasteiger charge is 2.22. The van der Waals surface area contributed by atoms with Crippen molar-refractivity contribution in [2.24, 2.45) is 0 Å². The topological polar surface area (TPSA) is 116 Å². The number of piperazine rings is 1. The highest BCUT2D eigenvalue weighted by atomic mass is 32.2. The van der Waals surface area contributed by atoms with E-state index in [4.69, 9.17) is 0 Å². The van der Waals surface area contributed by atoms with Gasteiger partial charge in [-0.1, -0.05) is 36.4 Å². The lowest BCUT2D eigenvalue weighted by Crippen LogP contribution is -2.49. The molecule has 1 heterocycles. The van der Waals surface area contributed by atoms with Crippen molar-refractivity contribution in [1.82, 2.24) is 19.2 Å². The minimum Gasteiger partial charge on any atom is -0.340 e. The first-order valence-corrected chi connectivity index (χ1v) is 13.8. The third-order valence-corrected chi connectivity index (χ3v) is 8.36. The van der Waals surface area contributed by atoms with Crippen molar-refractivity contribution >= 4 is 26.0 Å². The summed E-state index contributed by atoms with van der Waals surface area (Å²) < 4.78 is 54.0. The summed E-state index contributed by atoms with van der Waals surface area (Å²) in [4.78, 5) is 16.8. The van der Waals surface area contributed by atoms with Crippen LogP contribution >= 0.6 is 0 Å². The van der Waals surface area contributed by atoms with Crippen LogP contribution < -0.4 is 9.44 Å². The van der Waals surface area contributed by atoms with E-state index in [-0.39, 0.29) is 28.7 Å². The molecule has 1 fully saturated rings. The minimum atomic E-state index is -3.61. The Morgan fingerprint density at radius 3 is 1.73 bits per heavy atom. The van der Waals surface area contributed by atoms with Gasteiger partial charge in [0.2, 0.25) is 26.0 Å². The summed E-state index contributed by atoms with van der Waals surface area (Å²) in [6, 6.07) is 16.3. The molecule has 2 aromatic rings. The Kier molecular flexibility index (Phi) is 8.98. The van der Waals surface area contributed by atoms with Gasteiger partial charge in [0.25, 0.3) is 0 Å². The Morgan fingerprint density at radius 1 is 0.727 bits per heavy atom. The molecule has 0 aliphatic carbocycles. The fourth-order valence-electron chi connectivity index (χ4n) is 3.55. The average Bonchev–Trinajstić information content (AvgIpc) is 2.83. The lowest BCUT2D eigenvalue weighted by atomic mass is 10.2. The lowest BCUT2D eigenvalue weighted by Gasteiger charge is -2.34. The number of nitrogens with zero attached hydrogens (tertiary/aromatic N) is 2. The smallest absolute Gasteiger partial charge is 0.240 e.